The molecule has 0 aliphatic carbocycles. The number of aliphatic hydroxyl groups excluding tert-OH is 1. The molecular weight excluding hydrogens is 327 g/mol. The quantitative estimate of drug-likeness (QED) is 0.640. The van der Waals surface area contributed by atoms with E-state index in [0.29, 0.717) is 18.9 Å². The number of hydrogen-bond donors (Lipinski definition) is 2. The van der Waals surface area contributed by atoms with Crippen LogP contribution in [0.5, 0.6) is 0 Å². The van der Waals surface area contributed by atoms with E-state index >= 15 is 0 Å². The summed E-state index contributed by atoms with van der Waals surface area (Å²) in [5, 5.41) is 11.0. The van der Waals surface area contributed by atoms with Crippen LogP contribution in [0.2, 0.25) is 0 Å². The molecule has 1 amide bonds. The Kier molecular flexibility index (Phi) is 5.81. The van der Waals surface area contributed by atoms with Gasteiger partial charge in [0.15, 0.2) is 11.6 Å². The van der Waals surface area contributed by atoms with Crippen molar-refractivity contribution in [2.45, 2.75) is 25.8 Å². The number of aliphatic hydroxyl groups is 1. The van der Waals surface area contributed by atoms with Gasteiger partial charge in [0.05, 0.1) is 4.47 Å². The molecule has 0 fully saturated rings. The van der Waals surface area contributed by atoms with Gasteiger partial charge in [-0.2, -0.15) is 0 Å². The summed E-state index contributed by atoms with van der Waals surface area (Å²) in [7, 11) is 0. The smallest absolute Gasteiger partial charge is 0.257 e. The molecule has 0 saturated heterocycles. The maximum Gasteiger partial charge on any atom is 0.257 e. The first-order valence-corrected chi connectivity index (χ1v) is 6.42. The summed E-state index contributed by atoms with van der Waals surface area (Å²) in [6.07, 6.45) is 0.894. The number of amides is 1. The van der Waals surface area contributed by atoms with Gasteiger partial charge in [-0.25, -0.2) is 13.2 Å². The van der Waals surface area contributed by atoms with Gasteiger partial charge in [-0.3, -0.25) is 4.79 Å². The summed E-state index contributed by atoms with van der Waals surface area (Å²) < 4.78 is 39.9. The highest BCUT2D eigenvalue weighted by molar-refractivity contribution is 9.10. The minimum absolute atomic E-state index is 0.0458. The second kappa shape index (κ2) is 6.91. The molecule has 0 bridgehead atoms. The molecule has 0 aromatic heterocycles. The summed E-state index contributed by atoms with van der Waals surface area (Å²) in [5.74, 6) is -5.00. The van der Waals surface area contributed by atoms with Crippen molar-refractivity contribution in [1.82, 2.24) is 5.32 Å². The predicted octanol–water partition coefficient (Wildman–Crippen LogP) is 2.76. The summed E-state index contributed by atoms with van der Waals surface area (Å²) in [5.41, 5.74) is -0.948. The van der Waals surface area contributed by atoms with Gasteiger partial charge in [-0.05, 0) is 41.8 Å². The lowest BCUT2D eigenvalue weighted by Gasteiger charge is -2.14. The van der Waals surface area contributed by atoms with Crippen LogP contribution >= 0.6 is 15.9 Å². The first-order valence-electron chi connectivity index (χ1n) is 5.63. The highest BCUT2D eigenvalue weighted by Crippen LogP contribution is 2.24. The summed E-state index contributed by atoms with van der Waals surface area (Å²) in [6.45, 7) is 1.58. The van der Waals surface area contributed by atoms with Crippen LogP contribution in [0.25, 0.3) is 0 Å². The molecule has 0 spiro atoms. The first-order chi connectivity index (χ1) is 8.88. The number of halogens is 4. The molecule has 3 nitrogen and oxygen atoms in total. The molecule has 0 aliphatic heterocycles. The van der Waals surface area contributed by atoms with E-state index in [9.17, 15) is 18.0 Å². The van der Waals surface area contributed by atoms with Crippen LogP contribution in [-0.2, 0) is 0 Å². The van der Waals surface area contributed by atoms with E-state index in [2.05, 4.69) is 21.2 Å². The average molecular weight is 340 g/mol. The highest BCUT2D eigenvalue weighted by Gasteiger charge is 2.24. The lowest BCUT2D eigenvalue weighted by molar-refractivity contribution is 0.0926. The van der Waals surface area contributed by atoms with E-state index in [1.54, 1.807) is 6.92 Å². The molecule has 1 unspecified atom stereocenters. The Morgan fingerprint density at radius 1 is 1.42 bits per heavy atom. The number of carbonyl (C=O) groups excluding carboxylic acids is 1. The number of benzene rings is 1. The SMILES string of the molecule is CC(CCCO)NC(=O)c1c(F)cc(Br)c(F)c1F. The Labute approximate surface area is 116 Å². The number of rotatable bonds is 5. The van der Waals surface area contributed by atoms with Crippen LogP contribution in [0.15, 0.2) is 10.5 Å². The minimum atomic E-state index is -1.53. The largest absolute Gasteiger partial charge is 0.396 e. The van der Waals surface area contributed by atoms with E-state index in [1.807, 2.05) is 0 Å². The van der Waals surface area contributed by atoms with Crippen LogP contribution in [0, 0.1) is 17.5 Å². The lowest BCUT2D eigenvalue weighted by Crippen LogP contribution is -2.34. The van der Waals surface area contributed by atoms with Crippen molar-refractivity contribution in [1.29, 1.82) is 0 Å². The number of hydrogen-bond acceptors (Lipinski definition) is 2. The molecular formula is C12H13BrF3NO2. The Bertz CT molecular complexity index is 483. The van der Waals surface area contributed by atoms with E-state index in [1.165, 1.54) is 0 Å². The van der Waals surface area contributed by atoms with Crippen molar-refractivity contribution >= 4 is 21.8 Å². The van der Waals surface area contributed by atoms with Gasteiger partial charge < -0.3 is 10.4 Å². The van der Waals surface area contributed by atoms with E-state index in [4.69, 9.17) is 5.11 Å². The summed E-state index contributed by atoms with van der Waals surface area (Å²) >= 11 is 2.65. The zero-order chi connectivity index (χ0) is 14.6. The van der Waals surface area contributed by atoms with Crippen molar-refractivity contribution in [3.8, 4) is 0 Å². The zero-order valence-corrected chi connectivity index (χ0v) is 11.7. The molecule has 1 rings (SSSR count). The Morgan fingerprint density at radius 2 is 2.05 bits per heavy atom. The fourth-order valence-corrected chi connectivity index (χ4v) is 1.91. The molecule has 1 aromatic rings. The van der Waals surface area contributed by atoms with E-state index < -0.39 is 28.9 Å². The lowest BCUT2D eigenvalue weighted by atomic mass is 10.1. The standard InChI is InChI=1S/C12H13BrF3NO2/c1-6(3-2-4-18)17-12(19)9-8(14)5-7(13)10(15)11(9)16/h5-6,18H,2-4H2,1H3,(H,17,19). The molecule has 1 atom stereocenters. The molecule has 19 heavy (non-hydrogen) atoms. The normalized spacial score (nSPS) is 12.3. The molecule has 106 valence electrons. The monoisotopic (exact) mass is 339 g/mol. The van der Waals surface area contributed by atoms with Crippen LogP contribution in [0.4, 0.5) is 13.2 Å². The molecule has 2 N–H and O–H groups in total. The Hall–Kier alpha value is -1.08. The minimum Gasteiger partial charge on any atom is -0.396 e. The topological polar surface area (TPSA) is 49.3 Å². The van der Waals surface area contributed by atoms with Gasteiger partial charge in [-0.1, -0.05) is 0 Å². The molecule has 0 saturated carbocycles. The van der Waals surface area contributed by atoms with Gasteiger partial charge in [-0.15, -0.1) is 0 Å². The molecule has 0 heterocycles. The van der Waals surface area contributed by atoms with Crippen molar-refractivity contribution in [3.63, 3.8) is 0 Å². The second-order valence-corrected chi connectivity index (χ2v) is 4.94. The van der Waals surface area contributed by atoms with Crippen molar-refractivity contribution in [2.75, 3.05) is 6.61 Å². The molecule has 0 aliphatic rings. The number of nitrogens with one attached hydrogen (secondary N) is 1. The Morgan fingerprint density at radius 3 is 2.63 bits per heavy atom. The highest BCUT2D eigenvalue weighted by atomic mass is 79.9. The molecule has 0 radical (unpaired) electrons. The zero-order valence-electron chi connectivity index (χ0n) is 10.1. The van der Waals surface area contributed by atoms with Crippen molar-refractivity contribution in [2.24, 2.45) is 0 Å². The van der Waals surface area contributed by atoms with Gasteiger partial charge in [0, 0.05) is 12.6 Å². The van der Waals surface area contributed by atoms with Gasteiger partial charge >= 0.3 is 0 Å². The van der Waals surface area contributed by atoms with E-state index in [0.717, 1.165) is 0 Å². The first kappa shape index (κ1) is 16.0. The van der Waals surface area contributed by atoms with Crippen LogP contribution < -0.4 is 5.32 Å². The van der Waals surface area contributed by atoms with Gasteiger partial charge in [0.1, 0.15) is 11.4 Å². The van der Waals surface area contributed by atoms with Gasteiger partial charge in [0.25, 0.3) is 5.91 Å². The van der Waals surface area contributed by atoms with Crippen LogP contribution in [-0.4, -0.2) is 23.7 Å². The maximum absolute atomic E-state index is 13.5. The predicted molar refractivity (Wildman–Crippen MR) is 67.3 cm³/mol. The third-order valence-corrected chi connectivity index (χ3v) is 3.09. The van der Waals surface area contributed by atoms with E-state index in [-0.39, 0.29) is 17.1 Å². The average Bonchev–Trinajstić information content (AvgIpc) is 2.33. The maximum atomic E-state index is 13.5. The van der Waals surface area contributed by atoms with Crippen molar-refractivity contribution < 1.29 is 23.1 Å². The molecule has 7 heteroatoms. The fourth-order valence-electron chi connectivity index (χ4n) is 1.54. The van der Waals surface area contributed by atoms with Crippen LogP contribution in [0.1, 0.15) is 30.1 Å². The summed E-state index contributed by atoms with van der Waals surface area (Å²) in [6, 6.07) is 0.316. The third-order valence-electron chi connectivity index (χ3n) is 2.51. The second-order valence-electron chi connectivity index (χ2n) is 4.08. The molecule has 1 aromatic carbocycles. The van der Waals surface area contributed by atoms with Crippen molar-refractivity contribution in [3.05, 3.63) is 33.6 Å². The summed E-state index contributed by atoms with van der Waals surface area (Å²) in [4.78, 5) is 11.7. The fraction of sp³-hybridized carbons (Fsp3) is 0.417. The van der Waals surface area contributed by atoms with Crippen LogP contribution in [0.3, 0.4) is 0 Å². The third kappa shape index (κ3) is 3.94. The Balaban J connectivity index is 2.91. The number of carbonyl (C=O) groups is 1. The van der Waals surface area contributed by atoms with Gasteiger partial charge in [0.2, 0.25) is 0 Å².